The first-order chi connectivity index (χ1) is 14.1. The molecule has 0 radical (unpaired) electrons. The number of nitrogens with one attached hydrogen (secondary N) is 1. The smallest absolute Gasteiger partial charge is 0.183 e. The van der Waals surface area contributed by atoms with Crippen molar-refractivity contribution in [1.29, 1.82) is 0 Å². The third-order valence-electron chi connectivity index (χ3n) is 4.42. The Kier molecular flexibility index (Phi) is 6.01. The summed E-state index contributed by atoms with van der Waals surface area (Å²) in [7, 11) is 1.59. The van der Waals surface area contributed by atoms with Crippen LogP contribution in [0.25, 0.3) is 11.3 Å². The number of anilines is 1. The number of hydrogen-bond donors (Lipinski definition) is 1. The lowest BCUT2D eigenvalue weighted by atomic mass is 10.1. The second-order valence-electron chi connectivity index (χ2n) is 6.38. The molecule has 29 heavy (non-hydrogen) atoms. The minimum absolute atomic E-state index is 0.0271. The van der Waals surface area contributed by atoms with Gasteiger partial charge in [-0.25, -0.2) is 4.98 Å². The normalized spacial score (nSPS) is 12.9. The molecule has 6 nitrogen and oxygen atoms in total. The van der Waals surface area contributed by atoms with E-state index in [0.29, 0.717) is 29.7 Å². The fraction of sp³-hybridized carbons (Fsp3) is 0.238. The van der Waals surface area contributed by atoms with Crippen LogP contribution < -0.4 is 19.5 Å². The number of halogens is 1. The molecule has 0 atom stereocenters. The van der Waals surface area contributed by atoms with Crippen molar-refractivity contribution in [3.8, 4) is 28.5 Å². The Morgan fingerprint density at radius 3 is 2.83 bits per heavy atom. The van der Waals surface area contributed by atoms with Gasteiger partial charge in [-0.3, -0.25) is 4.79 Å². The number of carbonyl (C=O) groups excluding carboxylic acids is 1. The molecule has 1 N–H and O–H groups in total. The average molecular weight is 475 g/mol. The van der Waals surface area contributed by atoms with Crippen LogP contribution in [0.2, 0.25) is 0 Å². The molecule has 2 heterocycles. The third kappa shape index (κ3) is 4.54. The SMILES string of the molecule is COc1ccc(C(=O)CNc2nc(-c3ccc4c(c3)OCCCO4)cs2)cc1Br. The number of Topliss-reactive ketones (excluding diaryl/α,β-unsaturated/α-hetero) is 1. The van der Waals surface area contributed by atoms with Crippen LogP contribution in [-0.4, -0.2) is 37.6 Å². The highest BCUT2D eigenvalue weighted by molar-refractivity contribution is 9.10. The van der Waals surface area contributed by atoms with Crippen LogP contribution in [-0.2, 0) is 0 Å². The first kappa shape index (κ1) is 19.7. The van der Waals surface area contributed by atoms with Gasteiger partial charge < -0.3 is 19.5 Å². The summed E-state index contributed by atoms with van der Waals surface area (Å²) >= 11 is 4.86. The van der Waals surface area contributed by atoms with Crippen molar-refractivity contribution < 1.29 is 19.0 Å². The average Bonchev–Trinajstić information content (AvgIpc) is 3.09. The monoisotopic (exact) mass is 474 g/mol. The number of hydrogen-bond acceptors (Lipinski definition) is 7. The van der Waals surface area contributed by atoms with E-state index in [2.05, 4.69) is 26.2 Å². The second kappa shape index (κ2) is 8.84. The summed E-state index contributed by atoms with van der Waals surface area (Å²) in [6.07, 6.45) is 0.869. The molecular formula is C21H19BrN2O4S. The number of thiazole rings is 1. The van der Waals surface area contributed by atoms with Gasteiger partial charge in [-0.15, -0.1) is 11.3 Å². The van der Waals surface area contributed by atoms with E-state index in [-0.39, 0.29) is 12.3 Å². The summed E-state index contributed by atoms with van der Waals surface area (Å²) in [5.41, 5.74) is 2.38. The van der Waals surface area contributed by atoms with E-state index < -0.39 is 0 Å². The van der Waals surface area contributed by atoms with Crippen LogP contribution in [0.1, 0.15) is 16.8 Å². The molecule has 0 saturated heterocycles. The summed E-state index contributed by atoms with van der Waals surface area (Å²) in [5, 5.41) is 5.75. The Bertz CT molecular complexity index is 1040. The van der Waals surface area contributed by atoms with Crippen molar-refractivity contribution in [2.24, 2.45) is 0 Å². The quantitative estimate of drug-likeness (QED) is 0.504. The lowest BCUT2D eigenvalue weighted by Crippen LogP contribution is -2.13. The van der Waals surface area contributed by atoms with Gasteiger partial charge in [0, 0.05) is 22.9 Å². The topological polar surface area (TPSA) is 69.7 Å². The van der Waals surface area contributed by atoms with Gasteiger partial charge in [0.05, 0.1) is 37.0 Å². The van der Waals surface area contributed by atoms with E-state index in [0.717, 1.165) is 33.6 Å². The number of rotatable bonds is 6. The zero-order valence-electron chi connectivity index (χ0n) is 15.7. The van der Waals surface area contributed by atoms with Gasteiger partial charge >= 0.3 is 0 Å². The summed E-state index contributed by atoms with van der Waals surface area (Å²) in [4.78, 5) is 17.1. The van der Waals surface area contributed by atoms with Crippen LogP contribution >= 0.6 is 27.3 Å². The highest BCUT2D eigenvalue weighted by atomic mass is 79.9. The van der Waals surface area contributed by atoms with Gasteiger partial charge in [0.25, 0.3) is 0 Å². The molecule has 3 aromatic rings. The number of ketones is 1. The van der Waals surface area contributed by atoms with Gasteiger partial charge in [-0.1, -0.05) is 0 Å². The second-order valence-corrected chi connectivity index (χ2v) is 8.09. The van der Waals surface area contributed by atoms with Crippen LogP contribution in [0.5, 0.6) is 17.2 Å². The molecule has 2 aromatic carbocycles. The lowest BCUT2D eigenvalue weighted by Gasteiger charge is -2.08. The number of benzene rings is 2. The summed E-state index contributed by atoms with van der Waals surface area (Å²) < 4.78 is 17.4. The van der Waals surface area contributed by atoms with Crippen molar-refractivity contribution in [3.05, 3.63) is 51.8 Å². The van der Waals surface area contributed by atoms with Crippen LogP contribution in [0.4, 0.5) is 5.13 Å². The van der Waals surface area contributed by atoms with Gasteiger partial charge in [0.15, 0.2) is 22.4 Å². The van der Waals surface area contributed by atoms with E-state index in [1.54, 1.807) is 25.3 Å². The standard InChI is InChI=1S/C21H19BrN2O4S/c1-26-18-5-4-14(9-15(18)22)17(25)11-23-21-24-16(12-29-21)13-3-6-19-20(10-13)28-8-2-7-27-19/h3-6,9-10,12H,2,7-8,11H2,1H3,(H,23,24). The predicted molar refractivity (Wildman–Crippen MR) is 117 cm³/mol. The van der Waals surface area contributed by atoms with E-state index in [1.807, 2.05) is 23.6 Å². The number of methoxy groups -OCH3 is 1. The van der Waals surface area contributed by atoms with Crippen molar-refractivity contribution in [1.82, 2.24) is 4.98 Å². The Morgan fingerprint density at radius 1 is 1.21 bits per heavy atom. The Balaban J connectivity index is 1.42. The summed E-state index contributed by atoms with van der Waals surface area (Å²) in [6.45, 7) is 1.46. The first-order valence-electron chi connectivity index (χ1n) is 9.10. The van der Waals surface area contributed by atoms with E-state index in [1.165, 1.54) is 11.3 Å². The van der Waals surface area contributed by atoms with Crippen LogP contribution in [0, 0.1) is 0 Å². The minimum atomic E-state index is -0.0271. The van der Waals surface area contributed by atoms with E-state index >= 15 is 0 Å². The zero-order valence-corrected chi connectivity index (χ0v) is 18.1. The number of aromatic nitrogens is 1. The van der Waals surface area contributed by atoms with E-state index in [4.69, 9.17) is 14.2 Å². The van der Waals surface area contributed by atoms with Gasteiger partial charge in [-0.2, -0.15) is 0 Å². The molecule has 0 aliphatic carbocycles. The molecule has 1 aromatic heterocycles. The van der Waals surface area contributed by atoms with Crippen molar-refractivity contribution >= 4 is 38.2 Å². The molecule has 8 heteroatoms. The molecule has 150 valence electrons. The Hall–Kier alpha value is -2.58. The van der Waals surface area contributed by atoms with Gasteiger partial charge in [0.2, 0.25) is 0 Å². The van der Waals surface area contributed by atoms with Crippen molar-refractivity contribution in [2.45, 2.75) is 6.42 Å². The molecular weight excluding hydrogens is 456 g/mol. The molecule has 0 amide bonds. The fourth-order valence-electron chi connectivity index (χ4n) is 2.91. The van der Waals surface area contributed by atoms with Crippen molar-refractivity contribution in [3.63, 3.8) is 0 Å². The number of fused-ring (bicyclic) bond motifs is 1. The Morgan fingerprint density at radius 2 is 2.03 bits per heavy atom. The molecule has 1 aliphatic rings. The molecule has 0 unspecified atom stereocenters. The maximum absolute atomic E-state index is 12.5. The zero-order chi connectivity index (χ0) is 20.2. The minimum Gasteiger partial charge on any atom is -0.496 e. The molecule has 0 saturated carbocycles. The number of nitrogens with zero attached hydrogens (tertiary/aromatic N) is 1. The van der Waals surface area contributed by atoms with Crippen LogP contribution in [0.3, 0.4) is 0 Å². The fourth-order valence-corrected chi connectivity index (χ4v) is 4.17. The van der Waals surface area contributed by atoms with Gasteiger partial charge in [0.1, 0.15) is 5.75 Å². The highest BCUT2D eigenvalue weighted by Gasteiger charge is 2.14. The molecule has 0 fully saturated rings. The lowest BCUT2D eigenvalue weighted by molar-refractivity contribution is 0.101. The van der Waals surface area contributed by atoms with Crippen LogP contribution in [0.15, 0.2) is 46.3 Å². The summed E-state index contributed by atoms with van der Waals surface area (Å²) in [6, 6.07) is 11.1. The summed E-state index contributed by atoms with van der Waals surface area (Å²) in [5.74, 6) is 2.16. The van der Waals surface area contributed by atoms with Crippen molar-refractivity contribution in [2.75, 3.05) is 32.2 Å². The highest BCUT2D eigenvalue weighted by Crippen LogP contribution is 2.35. The maximum atomic E-state index is 12.5. The predicted octanol–water partition coefficient (Wildman–Crippen LogP) is 5.04. The van der Waals surface area contributed by atoms with Gasteiger partial charge in [-0.05, 0) is 52.3 Å². The first-order valence-corrected chi connectivity index (χ1v) is 10.8. The third-order valence-corrected chi connectivity index (χ3v) is 5.84. The van der Waals surface area contributed by atoms with E-state index in [9.17, 15) is 4.79 Å². The molecule has 4 rings (SSSR count). The Labute approximate surface area is 181 Å². The molecule has 1 aliphatic heterocycles. The number of carbonyl (C=O) groups is 1. The molecule has 0 bridgehead atoms. The maximum Gasteiger partial charge on any atom is 0.183 e. The number of ether oxygens (including phenoxy) is 3. The largest absolute Gasteiger partial charge is 0.496 e. The molecule has 0 spiro atoms.